The van der Waals surface area contributed by atoms with Crippen LogP contribution < -0.4 is 10.5 Å². The van der Waals surface area contributed by atoms with Crippen molar-refractivity contribution in [3.8, 4) is 0 Å². The standard InChI is InChI=1S/C21H26N6O/c1-2-27-18-8-4-3-7-16(18)22-19(27)14-25-12-9-15-17(13-25)23-21(24-20(15)28)26-10-5-6-11-26/h3-4,7-8H,2,5-6,9-14H2,1H3,(H,23,24,28). The molecule has 0 saturated carbocycles. The molecule has 1 saturated heterocycles. The number of nitrogens with one attached hydrogen (secondary N) is 1. The number of rotatable bonds is 4. The summed E-state index contributed by atoms with van der Waals surface area (Å²) in [4.78, 5) is 29.8. The predicted octanol–water partition coefficient (Wildman–Crippen LogP) is 2.30. The zero-order valence-electron chi connectivity index (χ0n) is 16.3. The Bertz CT molecular complexity index is 1060. The number of nitrogens with zero attached hydrogens (tertiary/aromatic N) is 5. The van der Waals surface area contributed by atoms with Crippen LogP contribution in [-0.2, 0) is 26.1 Å². The van der Waals surface area contributed by atoms with Gasteiger partial charge < -0.3 is 9.47 Å². The van der Waals surface area contributed by atoms with Gasteiger partial charge in [0.25, 0.3) is 5.56 Å². The van der Waals surface area contributed by atoms with Crippen LogP contribution in [-0.4, -0.2) is 44.1 Å². The molecule has 1 fully saturated rings. The molecular formula is C21H26N6O. The smallest absolute Gasteiger partial charge is 0.255 e. The molecule has 146 valence electrons. The topological polar surface area (TPSA) is 70.1 Å². The van der Waals surface area contributed by atoms with Crippen molar-refractivity contribution in [1.82, 2.24) is 24.4 Å². The van der Waals surface area contributed by atoms with E-state index in [1.54, 1.807) is 0 Å². The third-order valence-corrected chi connectivity index (χ3v) is 5.96. The van der Waals surface area contributed by atoms with Crippen molar-refractivity contribution in [3.63, 3.8) is 0 Å². The first-order chi connectivity index (χ1) is 13.7. The van der Waals surface area contributed by atoms with E-state index in [1.165, 1.54) is 18.4 Å². The largest absolute Gasteiger partial charge is 0.342 e. The number of para-hydroxylation sites is 2. The lowest BCUT2D eigenvalue weighted by Crippen LogP contribution is -2.36. The minimum Gasteiger partial charge on any atom is -0.342 e. The van der Waals surface area contributed by atoms with Crippen LogP contribution in [0.4, 0.5) is 5.95 Å². The molecule has 0 spiro atoms. The zero-order valence-corrected chi connectivity index (χ0v) is 16.3. The minimum atomic E-state index is 0.0346. The molecule has 1 N–H and O–H groups in total. The molecule has 28 heavy (non-hydrogen) atoms. The Morgan fingerprint density at radius 2 is 1.93 bits per heavy atom. The van der Waals surface area contributed by atoms with Crippen LogP contribution in [0, 0.1) is 0 Å². The SMILES string of the molecule is CCn1c(CN2CCc3c(nc(N4CCCC4)[nH]c3=O)C2)nc2ccccc21. The van der Waals surface area contributed by atoms with E-state index in [0.717, 1.165) is 67.7 Å². The van der Waals surface area contributed by atoms with Gasteiger partial charge in [0, 0.05) is 38.3 Å². The molecule has 7 heteroatoms. The van der Waals surface area contributed by atoms with E-state index in [-0.39, 0.29) is 5.56 Å². The van der Waals surface area contributed by atoms with E-state index in [4.69, 9.17) is 9.97 Å². The van der Waals surface area contributed by atoms with Crippen molar-refractivity contribution < 1.29 is 0 Å². The normalized spacial score (nSPS) is 17.4. The van der Waals surface area contributed by atoms with Gasteiger partial charge in [-0.1, -0.05) is 12.1 Å². The van der Waals surface area contributed by atoms with E-state index in [1.807, 2.05) is 6.07 Å². The number of aryl methyl sites for hydroxylation is 1. The van der Waals surface area contributed by atoms with Gasteiger partial charge in [-0.05, 0) is 38.3 Å². The van der Waals surface area contributed by atoms with Crippen molar-refractivity contribution in [2.45, 2.75) is 45.8 Å². The predicted molar refractivity (Wildman–Crippen MR) is 110 cm³/mol. The van der Waals surface area contributed by atoms with Gasteiger partial charge in [-0.3, -0.25) is 14.7 Å². The fraction of sp³-hybridized carbons (Fsp3) is 0.476. The van der Waals surface area contributed by atoms with Crippen molar-refractivity contribution in [3.05, 3.63) is 51.7 Å². The molecule has 0 radical (unpaired) electrons. The second kappa shape index (κ2) is 7.05. The summed E-state index contributed by atoms with van der Waals surface area (Å²) in [7, 11) is 0. The highest BCUT2D eigenvalue weighted by atomic mass is 16.1. The Kier molecular flexibility index (Phi) is 4.39. The molecule has 2 aliphatic rings. The minimum absolute atomic E-state index is 0.0346. The van der Waals surface area contributed by atoms with E-state index < -0.39 is 0 Å². The first-order valence-electron chi connectivity index (χ1n) is 10.3. The Labute approximate surface area is 164 Å². The molecule has 0 aliphatic carbocycles. The molecule has 1 aromatic carbocycles. The number of aromatic amines is 1. The number of imidazole rings is 1. The second-order valence-corrected chi connectivity index (χ2v) is 7.73. The first kappa shape index (κ1) is 17.4. The van der Waals surface area contributed by atoms with Crippen LogP contribution in [0.15, 0.2) is 29.1 Å². The summed E-state index contributed by atoms with van der Waals surface area (Å²) in [5.41, 5.74) is 4.04. The van der Waals surface area contributed by atoms with Crippen LogP contribution in [0.2, 0.25) is 0 Å². The van der Waals surface area contributed by atoms with E-state index in [0.29, 0.717) is 6.54 Å². The highest BCUT2D eigenvalue weighted by Crippen LogP contribution is 2.22. The van der Waals surface area contributed by atoms with Crippen molar-refractivity contribution >= 4 is 17.0 Å². The summed E-state index contributed by atoms with van der Waals surface area (Å²) in [5.74, 6) is 1.82. The molecule has 0 bridgehead atoms. The van der Waals surface area contributed by atoms with Gasteiger partial charge in [0.1, 0.15) is 5.82 Å². The van der Waals surface area contributed by atoms with Crippen LogP contribution in [0.3, 0.4) is 0 Å². The average molecular weight is 378 g/mol. The lowest BCUT2D eigenvalue weighted by Gasteiger charge is -2.28. The van der Waals surface area contributed by atoms with Crippen LogP contribution in [0.5, 0.6) is 0 Å². The summed E-state index contributed by atoms with van der Waals surface area (Å²) in [6, 6.07) is 8.30. The summed E-state index contributed by atoms with van der Waals surface area (Å²) in [5, 5.41) is 0. The fourth-order valence-electron chi connectivity index (χ4n) is 4.49. The molecule has 7 nitrogen and oxygen atoms in total. The van der Waals surface area contributed by atoms with Gasteiger partial charge >= 0.3 is 0 Å². The zero-order chi connectivity index (χ0) is 19.1. The second-order valence-electron chi connectivity index (χ2n) is 7.73. The molecule has 3 aromatic rings. The number of fused-ring (bicyclic) bond motifs is 2. The van der Waals surface area contributed by atoms with Gasteiger partial charge in [-0.25, -0.2) is 9.97 Å². The number of anilines is 1. The molecule has 5 rings (SSSR count). The molecule has 0 atom stereocenters. The quantitative estimate of drug-likeness (QED) is 0.754. The summed E-state index contributed by atoms with van der Waals surface area (Å²) in [6.45, 7) is 7.35. The maximum absolute atomic E-state index is 12.6. The van der Waals surface area contributed by atoms with Gasteiger partial charge in [-0.2, -0.15) is 0 Å². The van der Waals surface area contributed by atoms with Gasteiger partial charge in [0.05, 0.1) is 23.3 Å². The van der Waals surface area contributed by atoms with Gasteiger partial charge in [0.15, 0.2) is 0 Å². The lowest BCUT2D eigenvalue weighted by molar-refractivity contribution is 0.232. The third-order valence-electron chi connectivity index (χ3n) is 5.96. The monoisotopic (exact) mass is 378 g/mol. The summed E-state index contributed by atoms with van der Waals surface area (Å²) < 4.78 is 2.28. The van der Waals surface area contributed by atoms with E-state index in [2.05, 4.69) is 44.5 Å². The number of hydrogen-bond acceptors (Lipinski definition) is 5. The maximum Gasteiger partial charge on any atom is 0.255 e. The van der Waals surface area contributed by atoms with E-state index in [9.17, 15) is 4.79 Å². The molecule has 2 aliphatic heterocycles. The highest BCUT2D eigenvalue weighted by Gasteiger charge is 2.24. The Balaban J connectivity index is 1.42. The fourth-order valence-corrected chi connectivity index (χ4v) is 4.49. The Morgan fingerprint density at radius 1 is 1.11 bits per heavy atom. The van der Waals surface area contributed by atoms with Crippen LogP contribution in [0.1, 0.15) is 36.8 Å². The van der Waals surface area contributed by atoms with Gasteiger partial charge in [0.2, 0.25) is 5.95 Å². The molecule has 0 unspecified atom stereocenters. The highest BCUT2D eigenvalue weighted by molar-refractivity contribution is 5.75. The Hall–Kier alpha value is -2.67. The van der Waals surface area contributed by atoms with Gasteiger partial charge in [-0.15, -0.1) is 0 Å². The van der Waals surface area contributed by atoms with E-state index >= 15 is 0 Å². The number of benzene rings is 1. The van der Waals surface area contributed by atoms with Crippen LogP contribution in [0.25, 0.3) is 11.0 Å². The number of hydrogen-bond donors (Lipinski definition) is 1. The number of H-pyrrole nitrogens is 1. The lowest BCUT2D eigenvalue weighted by atomic mass is 10.1. The van der Waals surface area contributed by atoms with Crippen LogP contribution >= 0.6 is 0 Å². The maximum atomic E-state index is 12.6. The summed E-state index contributed by atoms with van der Waals surface area (Å²) in [6.07, 6.45) is 3.07. The molecular weight excluding hydrogens is 352 g/mol. The molecule has 2 aromatic heterocycles. The first-order valence-corrected chi connectivity index (χ1v) is 10.3. The van der Waals surface area contributed by atoms with Crippen molar-refractivity contribution in [2.75, 3.05) is 24.5 Å². The van der Waals surface area contributed by atoms with Crippen molar-refractivity contribution in [2.24, 2.45) is 0 Å². The Morgan fingerprint density at radius 3 is 2.75 bits per heavy atom. The third kappa shape index (κ3) is 2.99. The summed E-state index contributed by atoms with van der Waals surface area (Å²) >= 11 is 0. The molecule has 0 amide bonds. The van der Waals surface area contributed by atoms with Crippen molar-refractivity contribution in [1.29, 1.82) is 0 Å². The molecule has 4 heterocycles. The number of aromatic nitrogens is 4. The average Bonchev–Trinajstić information content (AvgIpc) is 3.35.